The van der Waals surface area contributed by atoms with Crippen LogP contribution in [0.3, 0.4) is 0 Å². The molecule has 120 valence electrons. The molecular formula is C15H19Cl2N3O2. The summed E-state index contributed by atoms with van der Waals surface area (Å²) in [5.41, 5.74) is 0.946. The van der Waals surface area contributed by atoms with Crippen LogP contribution in [0.4, 0.5) is 4.79 Å². The Bertz CT molecular complexity index is 545. The summed E-state index contributed by atoms with van der Waals surface area (Å²) in [5.74, 6) is 0.00163. The fourth-order valence-electron chi connectivity index (χ4n) is 2.43. The van der Waals surface area contributed by atoms with Gasteiger partial charge in [-0.15, -0.1) is 0 Å². The molecule has 3 N–H and O–H groups in total. The van der Waals surface area contributed by atoms with Crippen LogP contribution in [0.2, 0.25) is 10.0 Å². The summed E-state index contributed by atoms with van der Waals surface area (Å²) in [6, 6.07) is 4.46. The molecule has 7 heteroatoms. The molecule has 0 spiro atoms. The van der Waals surface area contributed by atoms with Gasteiger partial charge in [-0.3, -0.25) is 4.79 Å². The van der Waals surface area contributed by atoms with E-state index >= 15 is 0 Å². The highest BCUT2D eigenvalue weighted by atomic mass is 35.5. The van der Waals surface area contributed by atoms with E-state index < -0.39 is 6.04 Å². The van der Waals surface area contributed by atoms with Crippen LogP contribution in [0, 0.1) is 5.92 Å². The maximum Gasteiger partial charge on any atom is 0.315 e. The predicted octanol–water partition coefficient (Wildman–Crippen LogP) is 2.36. The van der Waals surface area contributed by atoms with E-state index in [9.17, 15) is 9.59 Å². The predicted molar refractivity (Wildman–Crippen MR) is 87.3 cm³/mol. The first-order valence-corrected chi connectivity index (χ1v) is 7.98. The van der Waals surface area contributed by atoms with Crippen molar-refractivity contribution in [2.24, 2.45) is 5.92 Å². The summed E-state index contributed by atoms with van der Waals surface area (Å²) in [6.45, 7) is 3.05. The zero-order chi connectivity index (χ0) is 16.1. The Morgan fingerprint density at radius 1 is 1.32 bits per heavy atom. The molecule has 0 saturated carbocycles. The van der Waals surface area contributed by atoms with Gasteiger partial charge in [-0.25, -0.2) is 4.79 Å². The average molecular weight is 344 g/mol. The average Bonchev–Trinajstić information content (AvgIpc) is 2.42. The first-order chi connectivity index (χ1) is 10.5. The minimum atomic E-state index is -0.477. The van der Waals surface area contributed by atoms with Crippen molar-refractivity contribution in [2.75, 3.05) is 13.1 Å². The van der Waals surface area contributed by atoms with Crippen molar-refractivity contribution in [2.45, 2.75) is 25.8 Å². The van der Waals surface area contributed by atoms with E-state index in [0.29, 0.717) is 29.6 Å². The molecule has 1 aromatic rings. The molecule has 1 saturated heterocycles. The lowest BCUT2D eigenvalue weighted by molar-refractivity contribution is -0.125. The summed E-state index contributed by atoms with van der Waals surface area (Å²) in [6.07, 6.45) is 1.47. The Morgan fingerprint density at radius 3 is 2.64 bits per heavy atom. The molecule has 0 bridgehead atoms. The van der Waals surface area contributed by atoms with Gasteiger partial charge in [-0.05, 0) is 42.5 Å². The second-order valence-electron chi connectivity index (χ2n) is 5.46. The molecule has 0 aliphatic carbocycles. The largest absolute Gasteiger partial charge is 0.354 e. The minimum Gasteiger partial charge on any atom is -0.354 e. The maximum absolute atomic E-state index is 11.9. The van der Waals surface area contributed by atoms with Gasteiger partial charge in [0.05, 0.1) is 0 Å². The van der Waals surface area contributed by atoms with Crippen LogP contribution in [0.5, 0.6) is 0 Å². The number of carbonyl (C=O) groups is 2. The van der Waals surface area contributed by atoms with Crippen molar-refractivity contribution in [3.8, 4) is 0 Å². The first-order valence-electron chi connectivity index (χ1n) is 7.23. The lowest BCUT2D eigenvalue weighted by Crippen LogP contribution is -2.56. The van der Waals surface area contributed by atoms with Crippen molar-refractivity contribution >= 4 is 35.1 Å². The van der Waals surface area contributed by atoms with Crippen LogP contribution < -0.4 is 16.0 Å². The van der Waals surface area contributed by atoms with Gasteiger partial charge in [0.2, 0.25) is 5.91 Å². The molecule has 1 aliphatic rings. The number of carbonyl (C=O) groups excluding carboxylic acids is 2. The second kappa shape index (κ2) is 7.70. The first kappa shape index (κ1) is 16.9. The quantitative estimate of drug-likeness (QED) is 0.785. The molecule has 0 aromatic heterocycles. The topological polar surface area (TPSA) is 70.2 Å². The highest BCUT2D eigenvalue weighted by Gasteiger charge is 2.29. The van der Waals surface area contributed by atoms with Crippen molar-refractivity contribution < 1.29 is 9.59 Å². The third kappa shape index (κ3) is 4.78. The molecule has 1 heterocycles. The van der Waals surface area contributed by atoms with Crippen molar-refractivity contribution in [1.82, 2.24) is 16.0 Å². The van der Waals surface area contributed by atoms with Crippen LogP contribution in [-0.4, -0.2) is 31.1 Å². The van der Waals surface area contributed by atoms with E-state index in [1.165, 1.54) is 0 Å². The van der Waals surface area contributed by atoms with E-state index in [2.05, 4.69) is 16.0 Å². The van der Waals surface area contributed by atoms with Crippen molar-refractivity contribution in [3.05, 3.63) is 33.8 Å². The fourth-order valence-corrected chi connectivity index (χ4v) is 3.01. The standard InChI is InChI=1S/C15H19Cl2N3O2/c1-9-2-4-18-14(21)13(9)20-15(22)19-5-3-10-6-11(16)8-12(17)7-10/h6-9,13H,2-5H2,1H3,(H,18,21)(H2,19,20,22). The van der Waals surface area contributed by atoms with E-state index in [1.54, 1.807) is 6.07 Å². The van der Waals surface area contributed by atoms with Crippen LogP contribution >= 0.6 is 23.2 Å². The number of hydrogen-bond acceptors (Lipinski definition) is 2. The summed E-state index contributed by atoms with van der Waals surface area (Å²) < 4.78 is 0. The van der Waals surface area contributed by atoms with Gasteiger partial charge >= 0.3 is 6.03 Å². The van der Waals surface area contributed by atoms with Gasteiger partial charge in [0, 0.05) is 23.1 Å². The number of halogens is 2. The SMILES string of the molecule is CC1CCNC(=O)C1NC(=O)NCCc1cc(Cl)cc(Cl)c1. The Labute approximate surface area is 139 Å². The molecule has 22 heavy (non-hydrogen) atoms. The van der Waals surface area contributed by atoms with Crippen molar-refractivity contribution in [3.63, 3.8) is 0 Å². The number of amides is 3. The number of piperidine rings is 1. The highest BCUT2D eigenvalue weighted by molar-refractivity contribution is 6.34. The van der Waals surface area contributed by atoms with E-state index in [4.69, 9.17) is 23.2 Å². The van der Waals surface area contributed by atoms with Gasteiger partial charge < -0.3 is 16.0 Å². The minimum absolute atomic E-state index is 0.129. The van der Waals surface area contributed by atoms with E-state index in [0.717, 1.165) is 12.0 Å². The maximum atomic E-state index is 11.9. The van der Waals surface area contributed by atoms with E-state index in [1.807, 2.05) is 19.1 Å². The van der Waals surface area contributed by atoms with Crippen LogP contribution in [0.25, 0.3) is 0 Å². The molecule has 0 radical (unpaired) electrons. The summed E-state index contributed by atoms with van der Waals surface area (Å²) in [7, 11) is 0. The number of rotatable bonds is 4. The zero-order valence-electron chi connectivity index (χ0n) is 12.3. The summed E-state index contributed by atoms with van der Waals surface area (Å²) >= 11 is 11.8. The van der Waals surface area contributed by atoms with Gasteiger partial charge in [-0.2, -0.15) is 0 Å². The molecule has 3 amide bonds. The summed E-state index contributed by atoms with van der Waals surface area (Å²) in [5, 5.41) is 9.35. The Kier molecular flexibility index (Phi) is 5.91. The summed E-state index contributed by atoms with van der Waals surface area (Å²) in [4.78, 5) is 23.6. The van der Waals surface area contributed by atoms with E-state index in [-0.39, 0.29) is 17.9 Å². The normalized spacial score (nSPS) is 21.1. The molecule has 1 fully saturated rings. The smallest absolute Gasteiger partial charge is 0.315 e. The molecule has 1 aliphatic heterocycles. The number of urea groups is 1. The second-order valence-corrected chi connectivity index (χ2v) is 6.34. The van der Waals surface area contributed by atoms with Crippen LogP contribution in [0.15, 0.2) is 18.2 Å². The fraction of sp³-hybridized carbons (Fsp3) is 0.467. The van der Waals surface area contributed by atoms with Gasteiger partial charge in [0.15, 0.2) is 0 Å². The third-order valence-corrected chi connectivity index (χ3v) is 4.10. The van der Waals surface area contributed by atoms with Gasteiger partial charge in [-0.1, -0.05) is 30.1 Å². The number of benzene rings is 1. The van der Waals surface area contributed by atoms with Crippen LogP contribution in [-0.2, 0) is 11.2 Å². The third-order valence-electron chi connectivity index (χ3n) is 3.66. The lowest BCUT2D eigenvalue weighted by Gasteiger charge is -2.28. The number of nitrogens with one attached hydrogen (secondary N) is 3. The molecule has 1 aromatic carbocycles. The van der Waals surface area contributed by atoms with Crippen LogP contribution in [0.1, 0.15) is 18.9 Å². The molecule has 2 rings (SSSR count). The lowest BCUT2D eigenvalue weighted by atomic mass is 9.94. The molecular weight excluding hydrogens is 325 g/mol. The zero-order valence-corrected chi connectivity index (χ0v) is 13.8. The monoisotopic (exact) mass is 343 g/mol. The van der Waals surface area contributed by atoms with Gasteiger partial charge in [0.1, 0.15) is 6.04 Å². The Balaban J connectivity index is 1.79. The Hall–Kier alpha value is -1.46. The van der Waals surface area contributed by atoms with Crippen molar-refractivity contribution in [1.29, 1.82) is 0 Å². The molecule has 2 unspecified atom stereocenters. The number of hydrogen-bond donors (Lipinski definition) is 3. The molecule has 2 atom stereocenters. The molecule has 5 nitrogen and oxygen atoms in total. The Morgan fingerprint density at radius 2 is 2.00 bits per heavy atom. The van der Waals surface area contributed by atoms with Gasteiger partial charge in [0.25, 0.3) is 0 Å². The highest BCUT2D eigenvalue weighted by Crippen LogP contribution is 2.19.